The zero-order valence-electron chi connectivity index (χ0n) is 15.8. The van der Waals surface area contributed by atoms with E-state index in [0.29, 0.717) is 12.8 Å². The van der Waals surface area contributed by atoms with E-state index in [9.17, 15) is 0 Å². The standard InChI is InChI=1S/C19H30N4O2.HI/c1-3-10-23-11-7-16(8-12-23)22-19(20-2)21-9-6-15-4-5-17-18(13-15)25-14-24-17;/h4-5,13,16H,3,6-12,14H2,1-2H3,(H2,20,21,22);1H. The average Bonchev–Trinajstić information content (AvgIpc) is 3.10. The lowest BCUT2D eigenvalue weighted by molar-refractivity contribution is 0.174. The minimum Gasteiger partial charge on any atom is -0.454 e. The van der Waals surface area contributed by atoms with E-state index in [0.717, 1.165) is 30.4 Å². The number of likely N-dealkylation sites (tertiary alicyclic amines) is 1. The van der Waals surface area contributed by atoms with Crippen LogP contribution in [-0.2, 0) is 6.42 Å². The summed E-state index contributed by atoms with van der Waals surface area (Å²) in [6.07, 6.45) is 4.53. The normalized spacial score (nSPS) is 17.7. The number of fused-ring (bicyclic) bond motifs is 1. The van der Waals surface area contributed by atoms with Gasteiger partial charge in [-0.15, -0.1) is 24.0 Å². The Labute approximate surface area is 173 Å². The number of hydrogen-bond donors (Lipinski definition) is 2. The largest absolute Gasteiger partial charge is 0.454 e. The lowest BCUT2D eigenvalue weighted by Crippen LogP contribution is -2.49. The van der Waals surface area contributed by atoms with E-state index >= 15 is 0 Å². The van der Waals surface area contributed by atoms with Crippen LogP contribution in [0.25, 0.3) is 0 Å². The van der Waals surface area contributed by atoms with Gasteiger partial charge in [0.25, 0.3) is 0 Å². The van der Waals surface area contributed by atoms with E-state index in [1.807, 2.05) is 13.1 Å². The third-order valence-corrected chi connectivity index (χ3v) is 4.83. The van der Waals surface area contributed by atoms with Crippen LogP contribution in [0.2, 0.25) is 0 Å². The second-order valence-electron chi connectivity index (χ2n) is 6.70. The topological polar surface area (TPSA) is 58.1 Å². The van der Waals surface area contributed by atoms with Crippen molar-refractivity contribution < 1.29 is 9.47 Å². The average molecular weight is 474 g/mol. The maximum atomic E-state index is 5.43. The van der Waals surface area contributed by atoms with Crippen molar-refractivity contribution >= 4 is 29.9 Å². The maximum absolute atomic E-state index is 5.43. The van der Waals surface area contributed by atoms with Gasteiger partial charge >= 0.3 is 0 Å². The molecule has 1 aromatic rings. The molecule has 26 heavy (non-hydrogen) atoms. The van der Waals surface area contributed by atoms with Crippen LogP contribution in [0.15, 0.2) is 23.2 Å². The lowest BCUT2D eigenvalue weighted by Gasteiger charge is -2.32. The lowest BCUT2D eigenvalue weighted by atomic mass is 10.1. The number of piperidine rings is 1. The van der Waals surface area contributed by atoms with E-state index in [2.05, 4.69) is 39.6 Å². The fraction of sp³-hybridized carbons (Fsp3) is 0.632. The van der Waals surface area contributed by atoms with Crippen molar-refractivity contribution in [1.29, 1.82) is 0 Å². The van der Waals surface area contributed by atoms with Crippen molar-refractivity contribution in [3.8, 4) is 11.5 Å². The van der Waals surface area contributed by atoms with Gasteiger partial charge in [-0.2, -0.15) is 0 Å². The third kappa shape index (κ3) is 5.90. The van der Waals surface area contributed by atoms with E-state index in [1.54, 1.807) is 0 Å². The Hall–Kier alpha value is -1.22. The molecule has 7 heteroatoms. The summed E-state index contributed by atoms with van der Waals surface area (Å²) in [7, 11) is 1.84. The molecular weight excluding hydrogens is 443 g/mol. The maximum Gasteiger partial charge on any atom is 0.231 e. The molecule has 0 saturated carbocycles. The van der Waals surface area contributed by atoms with Crippen molar-refractivity contribution in [3.05, 3.63) is 23.8 Å². The van der Waals surface area contributed by atoms with Crippen molar-refractivity contribution in [2.45, 2.75) is 38.6 Å². The zero-order valence-corrected chi connectivity index (χ0v) is 18.1. The third-order valence-electron chi connectivity index (χ3n) is 4.83. The van der Waals surface area contributed by atoms with Crippen LogP contribution in [-0.4, -0.2) is 56.9 Å². The molecule has 2 aliphatic rings. The van der Waals surface area contributed by atoms with E-state index in [-0.39, 0.29) is 24.0 Å². The summed E-state index contributed by atoms with van der Waals surface area (Å²) in [6.45, 7) is 6.99. The summed E-state index contributed by atoms with van der Waals surface area (Å²) in [6, 6.07) is 6.65. The first-order chi connectivity index (χ1) is 12.3. The van der Waals surface area contributed by atoms with E-state index < -0.39 is 0 Å². The SMILES string of the molecule is CCCN1CCC(NC(=NC)NCCc2ccc3c(c2)OCO3)CC1.I. The molecule has 0 spiro atoms. The van der Waals surface area contributed by atoms with Gasteiger partial charge in [-0.05, 0) is 49.9 Å². The van der Waals surface area contributed by atoms with Crippen LogP contribution in [0.3, 0.4) is 0 Å². The Morgan fingerprint density at radius 1 is 1.23 bits per heavy atom. The number of ether oxygens (including phenoxy) is 2. The van der Waals surface area contributed by atoms with Crippen molar-refractivity contribution in [2.24, 2.45) is 4.99 Å². The number of benzene rings is 1. The summed E-state index contributed by atoms with van der Waals surface area (Å²) in [5.74, 6) is 2.58. The molecule has 0 bridgehead atoms. The zero-order chi connectivity index (χ0) is 17.5. The van der Waals surface area contributed by atoms with Gasteiger partial charge in [0.15, 0.2) is 17.5 Å². The fourth-order valence-electron chi connectivity index (χ4n) is 3.43. The summed E-state index contributed by atoms with van der Waals surface area (Å²) in [5.41, 5.74) is 1.24. The molecule has 0 unspecified atom stereocenters. The highest BCUT2D eigenvalue weighted by Gasteiger charge is 2.19. The van der Waals surface area contributed by atoms with Gasteiger partial charge in [-0.1, -0.05) is 13.0 Å². The molecule has 0 amide bonds. The fourth-order valence-corrected chi connectivity index (χ4v) is 3.43. The highest BCUT2D eigenvalue weighted by atomic mass is 127. The van der Waals surface area contributed by atoms with Crippen LogP contribution in [0.4, 0.5) is 0 Å². The predicted octanol–water partition coefficient (Wildman–Crippen LogP) is 2.62. The molecule has 1 aromatic carbocycles. The number of nitrogens with one attached hydrogen (secondary N) is 2. The quantitative estimate of drug-likeness (QED) is 0.377. The number of nitrogens with zero attached hydrogens (tertiary/aromatic N) is 2. The van der Waals surface area contributed by atoms with Crippen molar-refractivity contribution in [2.75, 3.05) is 40.0 Å². The second-order valence-corrected chi connectivity index (χ2v) is 6.70. The van der Waals surface area contributed by atoms with Crippen molar-refractivity contribution in [1.82, 2.24) is 15.5 Å². The molecular formula is C19H31IN4O2. The van der Waals surface area contributed by atoms with Crippen LogP contribution >= 0.6 is 24.0 Å². The van der Waals surface area contributed by atoms with Gasteiger partial charge in [0.05, 0.1) is 0 Å². The van der Waals surface area contributed by atoms with Crippen LogP contribution in [0, 0.1) is 0 Å². The monoisotopic (exact) mass is 474 g/mol. The summed E-state index contributed by atoms with van der Waals surface area (Å²) in [5, 5.41) is 6.99. The summed E-state index contributed by atoms with van der Waals surface area (Å²) in [4.78, 5) is 6.91. The molecule has 146 valence electrons. The van der Waals surface area contributed by atoms with Gasteiger partial charge in [0.1, 0.15) is 0 Å². The molecule has 2 heterocycles. The number of hydrogen-bond acceptors (Lipinski definition) is 4. The van der Waals surface area contributed by atoms with Gasteiger partial charge in [-0.25, -0.2) is 0 Å². The molecule has 2 N–H and O–H groups in total. The van der Waals surface area contributed by atoms with E-state index in [1.165, 1.54) is 44.5 Å². The van der Waals surface area contributed by atoms with Crippen LogP contribution < -0.4 is 20.1 Å². The molecule has 0 radical (unpaired) electrons. The Morgan fingerprint density at radius 3 is 2.73 bits per heavy atom. The number of aliphatic imine (C=N–C) groups is 1. The second kappa shape index (κ2) is 10.8. The first-order valence-corrected chi connectivity index (χ1v) is 9.36. The Kier molecular flexibility index (Phi) is 8.77. The minimum atomic E-state index is 0. The molecule has 3 rings (SSSR count). The van der Waals surface area contributed by atoms with Crippen LogP contribution in [0.5, 0.6) is 11.5 Å². The molecule has 1 fully saturated rings. The summed E-state index contributed by atoms with van der Waals surface area (Å²) < 4.78 is 10.8. The molecule has 0 aromatic heterocycles. The Bertz CT molecular complexity index is 589. The molecule has 1 saturated heterocycles. The van der Waals surface area contributed by atoms with Crippen molar-refractivity contribution in [3.63, 3.8) is 0 Å². The first-order valence-electron chi connectivity index (χ1n) is 9.36. The van der Waals surface area contributed by atoms with Gasteiger partial charge in [0, 0.05) is 32.7 Å². The van der Waals surface area contributed by atoms with Gasteiger partial charge in [0.2, 0.25) is 6.79 Å². The van der Waals surface area contributed by atoms with Crippen LogP contribution in [0.1, 0.15) is 31.7 Å². The highest BCUT2D eigenvalue weighted by molar-refractivity contribution is 14.0. The van der Waals surface area contributed by atoms with Gasteiger partial charge in [-0.3, -0.25) is 4.99 Å². The molecule has 2 aliphatic heterocycles. The predicted molar refractivity (Wildman–Crippen MR) is 116 cm³/mol. The first kappa shape index (κ1) is 21.1. The Balaban J connectivity index is 0.00000243. The number of rotatable bonds is 6. The Morgan fingerprint density at radius 2 is 2.00 bits per heavy atom. The summed E-state index contributed by atoms with van der Waals surface area (Å²) >= 11 is 0. The van der Waals surface area contributed by atoms with Gasteiger partial charge < -0.3 is 25.0 Å². The molecule has 0 atom stereocenters. The smallest absolute Gasteiger partial charge is 0.231 e. The number of halogens is 1. The molecule has 6 nitrogen and oxygen atoms in total. The highest BCUT2D eigenvalue weighted by Crippen LogP contribution is 2.32. The molecule has 0 aliphatic carbocycles. The number of guanidine groups is 1. The van der Waals surface area contributed by atoms with E-state index in [4.69, 9.17) is 9.47 Å². The minimum absolute atomic E-state index is 0.